The van der Waals surface area contributed by atoms with Crippen LogP contribution in [-0.4, -0.2) is 0 Å². The van der Waals surface area contributed by atoms with Crippen molar-refractivity contribution in [1.82, 2.24) is 5.43 Å². The number of aryl methyl sites for hydroxylation is 1. The second-order valence-electron chi connectivity index (χ2n) is 3.51. The van der Waals surface area contributed by atoms with Gasteiger partial charge in [0.15, 0.2) is 0 Å². The molecule has 0 radical (unpaired) electrons. The second-order valence-corrected chi connectivity index (χ2v) is 4.37. The number of nitrogens with two attached hydrogens (primary N) is 1. The van der Waals surface area contributed by atoms with Gasteiger partial charge in [-0.25, -0.2) is 0 Å². The molecule has 1 aromatic rings. The lowest BCUT2D eigenvalue weighted by Crippen LogP contribution is -2.26. The third-order valence-corrected chi connectivity index (χ3v) is 3.46. The van der Waals surface area contributed by atoms with Crippen LogP contribution in [0, 0.1) is 6.92 Å². The predicted molar refractivity (Wildman–Crippen MR) is 57.3 cm³/mol. The molecule has 0 saturated heterocycles. The fourth-order valence-electron chi connectivity index (χ4n) is 2.05. The molecule has 0 aliphatic heterocycles. The van der Waals surface area contributed by atoms with Crippen molar-refractivity contribution in [2.75, 3.05) is 0 Å². The fourth-order valence-corrected chi connectivity index (χ4v) is 2.70. The fraction of sp³-hybridized carbons (Fsp3) is 0.400. The highest BCUT2D eigenvalue weighted by atomic mass is 79.9. The first-order chi connectivity index (χ1) is 6.24. The van der Waals surface area contributed by atoms with Gasteiger partial charge in [0, 0.05) is 10.5 Å². The lowest BCUT2D eigenvalue weighted by Gasteiger charge is -2.12. The first kappa shape index (κ1) is 9.19. The van der Waals surface area contributed by atoms with E-state index in [0.717, 1.165) is 12.8 Å². The van der Waals surface area contributed by atoms with Crippen LogP contribution in [0.4, 0.5) is 0 Å². The lowest BCUT2D eigenvalue weighted by atomic mass is 10.0. The maximum Gasteiger partial charge on any atom is 0.0477 e. The Labute approximate surface area is 86.6 Å². The highest BCUT2D eigenvalue weighted by molar-refractivity contribution is 9.10. The number of hydrazine groups is 1. The van der Waals surface area contributed by atoms with Gasteiger partial charge >= 0.3 is 0 Å². The number of benzene rings is 1. The zero-order chi connectivity index (χ0) is 9.42. The molecule has 0 spiro atoms. The van der Waals surface area contributed by atoms with E-state index in [2.05, 4.69) is 40.4 Å². The summed E-state index contributed by atoms with van der Waals surface area (Å²) in [5, 5.41) is 0. The summed E-state index contributed by atoms with van der Waals surface area (Å²) < 4.78 is 1.17. The SMILES string of the molecule is Cc1ccc(Br)c2c1CC[C@@H]2NN. The normalized spacial score (nSPS) is 20.4. The summed E-state index contributed by atoms with van der Waals surface area (Å²) in [4.78, 5) is 0. The van der Waals surface area contributed by atoms with Crippen LogP contribution in [0.3, 0.4) is 0 Å². The highest BCUT2D eigenvalue weighted by Gasteiger charge is 2.24. The summed E-state index contributed by atoms with van der Waals surface area (Å²) in [6, 6.07) is 4.58. The van der Waals surface area contributed by atoms with Gasteiger partial charge in [-0.15, -0.1) is 0 Å². The van der Waals surface area contributed by atoms with Crippen LogP contribution in [0.5, 0.6) is 0 Å². The molecule has 1 aliphatic rings. The molecule has 2 rings (SSSR count). The molecular formula is C10H13BrN2. The molecule has 0 fully saturated rings. The second kappa shape index (κ2) is 3.40. The number of nitrogens with one attached hydrogen (secondary N) is 1. The van der Waals surface area contributed by atoms with E-state index in [9.17, 15) is 0 Å². The van der Waals surface area contributed by atoms with Crippen molar-refractivity contribution >= 4 is 15.9 Å². The van der Waals surface area contributed by atoms with Crippen molar-refractivity contribution in [1.29, 1.82) is 0 Å². The molecular weight excluding hydrogens is 228 g/mol. The average Bonchev–Trinajstić information content (AvgIpc) is 2.56. The van der Waals surface area contributed by atoms with Gasteiger partial charge in [0.1, 0.15) is 0 Å². The molecule has 0 unspecified atom stereocenters. The van der Waals surface area contributed by atoms with Crippen LogP contribution in [-0.2, 0) is 6.42 Å². The van der Waals surface area contributed by atoms with Crippen molar-refractivity contribution in [2.24, 2.45) is 5.84 Å². The molecule has 1 aliphatic carbocycles. The molecule has 1 aromatic carbocycles. The van der Waals surface area contributed by atoms with E-state index in [0.29, 0.717) is 6.04 Å². The molecule has 3 heteroatoms. The molecule has 70 valence electrons. The van der Waals surface area contributed by atoms with Gasteiger partial charge in [-0.1, -0.05) is 22.0 Å². The Hall–Kier alpha value is -0.380. The molecule has 0 bridgehead atoms. The van der Waals surface area contributed by atoms with Gasteiger partial charge in [0.05, 0.1) is 0 Å². The van der Waals surface area contributed by atoms with Gasteiger partial charge in [0.2, 0.25) is 0 Å². The topological polar surface area (TPSA) is 38.0 Å². The van der Waals surface area contributed by atoms with Crippen molar-refractivity contribution in [3.8, 4) is 0 Å². The average molecular weight is 241 g/mol. The van der Waals surface area contributed by atoms with E-state index in [1.165, 1.54) is 21.2 Å². The Bertz CT molecular complexity index is 336. The van der Waals surface area contributed by atoms with Crippen molar-refractivity contribution in [2.45, 2.75) is 25.8 Å². The van der Waals surface area contributed by atoms with E-state index in [4.69, 9.17) is 5.84 Å². The van der Waals surface area contributed by atoms with Crippen molar-refractivity contribution in [3.05, 3.63) is 33.3 Å². The minimum absolute atomic E-state index is 0.323. The summed E-state index contributed by atoms with van der Waals surface area (Å²) in [6.07, 6.45) is 2.24. The number of rotatable bonds is 1. The van der Waals surface area contributed by atoms with Crippen LogP contribution in [0.15, 0.2) is 16.6 Å². The predicted octanol–water partition coefficient (Wildman–Crippen LogP) is 2.21. The van der Waals surface area contributed by atoms with Crippen LogP contribution < -0.4 is 11.3 Å². The summed E-state index contributed by atoms with van der Waals surface area (Å²) in [7, 11) is 0. The van der Waals surface area contributed by atoms with Crippen LogP contribution >= 0.6 is 15.9 Å². The van der Waals surface area contributed by atoms with Crippen molar-refractivity contribution < 1.29 is 0 Å². The number of hydrogen-bond donors (Lipinski definition) is 2. The third kappa shape index (κ3) is 1.41. The Kier molecular flexibility index (Phi) is 2.41. The molecule has 0 saturated carbocycles. The van der Waals surface area contributed by atoms with Crippen LogP contribution in [0.1, 0.15) is 29.2 Å². The Morgan fingerprint density at radius 3 is 3.00 bits per heavy atom. The summed E-state index contributed by atoms with van der Waals surface area (Å²) >= 11 is 3.57. The van der Waals surface area contributed by atoms with E-state index in [1.54, 1.807) is 0 Å². The molecule has 2 nitrogen and oxygen atoms in total. The standard InChI is InChI=1S/C10H13BrN2/c1-6-2-4-8(11)10-7(6)3-5-9(10)13-12/h2,4,9,13H,3,5,12H2,1H3/t9-/m0/s1. The summed E-state index contributed by atoms with van der Waals surface area (Å²) in [5.74, 6) is 5.50. The lowest BCUT2D eigenvalue weighted by molar-refractivity contribution is 0.550. The minimum Gasteiger partial charge on any atom is -0.271 e. The molecule has 0 amide bonds. The van der Waals surface area contributed by atoms with Crippen molar-refractivity contribution in [3.63, 3.8) is 0 Å². The molecule has 0 aromatic heterocycles. The summed E-state index contributed by atoms with van der Waals surface area (Å²) in [6.45, 7) is 2.16. The Morgan fingerprint density at radius 1 is 1.54 bits per heavy atom. The summed E-state index contributed by atoms with van der Waals surface area (Å²) in [5.41, 5.74) is 7.03. The van der Waals surface area contributed by atoms with Gasteiger partial charge in [0.25, 0.3) is 0 Å². The van der Waals surface area contributed by atoms with E-state index >= 15 is 0 Å². The number of halogens is 1. The molecule has 3 N–H and O–H groups in total. The first-order valence-electron chi connectivity index (χ1n) is 4.48. The van der Waals surface area contributed by atoms with E-state index < -0.39 is 0 Å². The molecule has 0 heterocycles. The smallest absolute Gasteiger partial charge is 0.0477 e. The van der Waals surface area contributed by atoms with E-state index in [-0.39, 0.29) is 0 Å². The van der Waals surface area contributed by atoms with Crippen LogP contribution in [0.25, 0.3) is 0 Å². The maximum atomic E-state index is 5.50. The van der Waals surface area contributed by atoms with Gasteiger partial charge < -0.3 is 0 Å². The zero-order valence-corrected chi connectivity index (χ0v) is 9.19. The van der Waals surface area contributed by atoms with Crippen LogP contribution in [0.2, 0.25) is 0 Å². The number of fused-ring (bicyclic) bond motifs is 1. The van der Waals surface area contributed by atoms with E-state index in [1.807, 2.05) is 0 Å². The Morgan fingerprint density at radius 2 is 2.31 bits per heavy atom. The third-order valence-electron chi connectivity index (χ3n) is 2.77. The minimum atomic E-state index is 0.323. The highest BCUT2D eigenvalue weighted by Crippen LogP contribution is 2.37. The number of hydrogen-bond acceptors (Lipinski definition) is 2. The quantitative estimate of drug-likeness (QED) is 0.584. The molecule has 1 atom stereocenters. The van der Waals surface area contributed by atoms with Gasteiger partial charge in [-0.05, 0) is 42.5 Å². The Balaban J connectivity index is 2.55. The largest absolute Gasteiger partial charge is 0.271 e. The first-order valence-corrected chi connectivity index (χ1v) is 5.27. The van der Waals surface area contributed by atoms with Gasteiger partial charge in [-0.3, -0.25) is 11.3 Å². The molecule has 13 heavy (non-hydrogen) atoms. The maximum absolute atomic E-state index is 5.50. The monoisotopic (exact) mass is 240 g/mol. The van der Waals surface area contributed by atoms with Gasteiger partial charge in [-0.2, -0.15) is 0 Å². The zero-order valence-electron chi connectivity index (χ0n) is 7.60.